The maximum absolute atomic E-state index is 11.1. The van der Waals surface area contributed by atoms with E-state index in [4.69, 9.17) is 9.52 Å². The van der Waals surface area contributed by atoms with Gasteiger partial charge >= 0.3 is 5.97 Å². The number of carbonyl (C=O) groups is 1. The molecule has 0 radical (unpaired) electrons. The number of nitrogens with one attached hydrogen (secondary N) is 1. The molecular formula is C12H12BrN3O3. The van der Waals surface area contributed by atoms with Crippen LogP contribution in [0.4, 0.5) is 5.82 Å². The molecule has 0 saturated heterocycles. The minimum Gasteiger partial charge on any atom is -0.478 e. The standard InChI is InChI=1S/C12H12BrN3O3/c1-2-8-5-14-10(19-8)6-16-11-9(12(17)18)3-7(13)4-15-11/h3-5H,2,6H2,1H3,(H,15,16)(H,17,18). The van der Waals surface area contributed by atoms with Gasteiger partial charge in [-0.05, 0) is 22.0 Å². The summed E-state index contributed by atoms with van der Waals surface area (Å²) in [5.41, 5.74) is 0.0941. The summed E-state index contributed by atoms with van der Waals surface area (Å²) in [6, 6.07) is 1.49. The third-order valence-electron chi connectivity index (χ3n) is 2.44. The summed E-state index contributed by atoms with van der Waals surface area (Å²) in [6.07, 6.45) is 3.95. The van der Waals surface area contributed by atoms with E-state index < -0.39 is 5.97 Å². The van der Waals surface area contributed by atoms with Gasteiger partial charge in [0.05, 0.1) is 12.7 Å². The summed E-state index contributed by atoms with van der Waals surface area (Å²) in [7, 11) is 0. The largest absolute Gasteiger partial charge is 0.478 e. The maximum atomic E-state index is 11.1. The highest BCUT2D eigenvalue weighted by molar-refractivity contribution is 9.10. The molecule has 0 atom stereocenters. The van der Waals surface area contributed by atoms with Gasteiger partial charge in [0.25, 0.3) is 0 Å². The van der Waals surface area contributed by atoms with Gasteiger partial charge in [0.15, 0.2) is 0 Å². The monoisotopic (exact) mass is 325 g/mol. The minimum absolute atomic E-state index is 0.0941. The lowest BCUT2D eigenvalue weighted by molar-refractivity contribution is 0.0697. The lowest BCUT2D eigenvalue weighted by Gasteiger charge is -2.06. The Hall–Kier alpha value is -1.89. The van der Waals surface area contributed by atoms with Crippen LogP contribution in [0.1, 0.15) is 28.9 Å². The zero-order valence-electron chi connectivity index (χ0n) is 10.2. The van der Waals surface area contributed by atoms with Crippen LogP contribution in [0.2, 0.25) is 0 Å². The molecule has 2 aromatic rings. The van der Waals surface area contributed by atoms with Gasteiger partial charge in [0.2, 0.25) is 5.89 Å². The Morgan fingerprint density at radius 3 is 2.89 bits per heavy atom. The first-order chi connectivity index (χ1) is 9.10. The summed E-state index contributed by atoms with van der Waals surface area (Å²) < 4.78 is 6.03. The van der Waals surface area contributed by atoms with Crippen molar-refractivity contribution in [2.75, 3.05) is 5.32 Å². The smallest absolute Gasteiger partial charge is 0.339 e. The molecule has 2 rings (SSSR count). The summed E-state index contributed by atoms with van der Waals surface area (Å²) in [6.45, 7) is 2.26. The lowest BCUT2D eigenvalue weighted by atomic mass is 10.2. The van der Waals surface area contributed by atoms with Gasteiger partial charge in [-0.15, -0.1) is 0 Å². The van der Waals surface area contributed by atoms with E-state index in [0.29, 0.717) is 10.4 Å². The molecule has 0 spiro atoms. The minimum atomic E-state index is -1.04. The third-order valence-corrected chi connectivity index (χ3v) is 2.88. The number of nitrogens with zero attached hydrogens (tertiary/aromatic N) is 2. The molecule has 0 aromatic carbocycles. The maximum Gasteiger partial charge on any atom is 0.339 e. The fraction of sp³-hybridized carbons (Fsp3) is 0.250. The van der Waals surface area contributed by atoms with Crippen LogP contribution in [0.3, 0.4) is 0 Å². The Kier molecular flexibility index (Phi) is 4.16. The average Bonchev–Trinajstić information content (AvgIpc) is 2.85. The van der Waals surface area contributed by atoms with Crippen LogP contribution in [0, 0.1) is 0 Å². The number of anilines is 1. The Balaban J connectivity index is 2.12. The van der Waals surface area contributed by atoms with E-state index in [0.717, 1.165) is 12.2 Å². The van der Waals surface area contributed by atoms with Crippen molar-refractivity contribution in [1.29, 1.82) is 0 Å². The summed E-state index contributed by atoms with van der Waals surface area (Å²) in [5.74, 6) is 0.529. The predicted octanol–water partition coefficient (Wildman–Crippen LogP) is 2.70. The van der Waals surface area contributed by atoms with Gasteiger partial charge in [-0.2, -0.15) is 0 Å². The van der Waals surface area contributed by atoms with Crippen LogP contribution in [0.5, 0.6) is 0 Å². The number of oxazole rings is 1. The SMILES string of the molecule is CCc1cnc(CNc2ncc(Br)cc2C(=O)O)o1. The molecule has 0 bridgehead atoms. The molecule has 0 amide bonds. The van der Waals surface area contributed by atoms with Gasteiger partial charge in [0.1, 0.15) is 17.1 Å². The van der Waals surface area contributed by atoms with Crippen molar-refractivity contribution in [1.82, 2.24) is 9.97 Å². The van der Waals surface area contributed by atoms with Crippen molar-refractivity contribution in [3.05, 3.63) is 40.1 Å². The second kappa shape index (κ2) is 5.83. The quantitative estimate of drug-likeness (QED) is 0.878. The molecule has 100 valence electrons. The van der Waals surface area contributed by atoms with E-state index >= 15 is 0 Å². The molecular weight excluding hydrogens is 314 g/mol. The number of carboxylic acid groups (broad SMARTS) is 1. The first kappa shape index (κ1) is 13.5. The fourth-order valence-electron chi connectivity index (χ4n) is 1.50. The average molecular weight is 326 g/mol. The summed E-state index contributed by atoms with van der Waals surface area (Å²) in [4.78, 5) is 19.2. The van der Waals surface area contributed by atoms with Crippen LogP contribution in [0.15, 0.2) is 27.3 Å². The van der Waals surface area contributed by atoms with Gasteiger partial charge in [-0.1, -0.05) is 6.92 Å². The third kappa shape index (κ3) is 3.31. The predicted molar refractivity (Wildman–Crippen MR) is 72.1 cm³/mol. The molecule has 2 aromatic heterocycles. The van der Waals surface area contributed by atoms with Crippen LogP contribution >= 0.6 is 15.9 Å². The lowest BCUT2D eigenvalue weighted by Crippen LogP contribution is -2.08. The number of halogens is 1. The van der Waals surface area contributed by atoms with Crippen molar-refractivity contribution in [3.63, 3.8) is 0 Å². The van der Waals surface area contributed by atoms with Crippen LogP contribution in [0.25, 0.3) is 0 Å². The van der Waals surface area contributed by atoms with Crippen LogP contribution in [-0.4, -0.2) is 21.0 Å². The second-order valence-corrected chi connectivity index (χ2v) is 4.70. The highest BCUT2D eigenvalue weighted by Gasteiger charge is 2.12. The van der Waals surface area contributed by atoms with E-state index in [1.165, 1.54) is 12.3 Å². The summed E-state index contributed by atoms with van der Waals surface area (Å²) >= 11 is 3.19. The fourth-order valence-corrected chi connectivity index (χ4v) is 1.83. The molecule has 19 heavy (non-hydrogen) atoms. The van der Waals surface area contributed by atoms with E-state index in [1.807, 2.05) is 6.92 Å². The van der Waals surface area contributed by atoms with Gasteiger partial charge in [-0.25, -0.2) is 14.8 Å². The molecule has 7 heteroatoms. The number of pyridine rings is 1. The highest BCUT2D eigenvalue weighted by Crippen LogP contribution is 2.18. The van der Waals surface area contributed by atoms with Crippen molar-refractivity contribution in [2.24, 2.45) is 0 Å². The van der Waals surface area contributed by atoms with Crippen molar-refractivity contribution in [3.8, 4) is 0 Å². The molecule has 2 N–H and O–H groups in total. The van der Waals surface area contributed by atoms with E-state index in [9.17, 15) is 4.79 Å². The number of hydrogen-bond donors (Lipinski definition) is 2. The molecule has 2 heterocycles. The number of hydrogen-bond acceptors (Lipinski definition) is 5. The van der Waals surface area contributed by atoms with E-state index in [-0.39, 0.29) is 17.9 Å². The molecule has 0 saturated carbocycles. The molecule has 0 aliphatic rings. The molecule has 0 fully saturated rings. The molecule has 0 aliphatic carbocycles. The summed E-state index contributed by atoms with van der Waals surface area (Å²) in [5, 5.41) is 12.0. The van der Waals surface area contributed by atoms with E-state index in [2.05, 4.69) is 31.2 Å². The van der Waals surface area contributed by atoms with Crippen molar-refractivity contribution >= 4 is 27.7 Å². The molecule has 6 nitrogen and oxygen atoms in total. The topological polar surface area (TPSA) is 88.2 Å². The number of aryl methyl sites for hydroxylation is 1. The van der Waals surface area contributed by atoms with Gasteiger partial charge in [-0.3, -0.25) is 0 Å². The normalized spacial score (nSPS) is 10.4. The Morgan fingerprint density at radius 2 is 2.26 bits per heavy atom. The van der Waals surface area contributed by atoms with Gasteiger partial charge in [0, 0.05) is 17.1 Å². The zero-order valence-corrected chi connectivity index (χ0v) is 11.8. The highest BCUT2D eigenvalue weighted by atomic mass is 79.9. The second-order valence-electron chi connectivity index (χ2n) is 3.78. The van der Waals surface area contributed by atoms with Crippen molar-refractivity contribution < 1.29 is 14.3 Å². The number of aromatic nitrogens is 2. The molecule has 0 unspecified atom stereocenters. The molecule has 0 aliphatic heterocycles. The van der Waals surface area contributed by atoms with Gasteiger partial charge < -0.3 is 14.8 Å². The number of carboxylic acids is 1. The Morgan fingerprint density at radius 1 is 1.47 bits per heavy atom. The Labute approximate surface area is 118 Å². The van der Waals surface area contributed by atoms with Crippen LogP contribution in [-0.2, 0) is 13.0 Å². The zero-order chi connectivity index (χ0) is 13.8. The number of rotatable bonds is 5. The van der Waals surface area contributed by atoms with Crippen LogP contribution < -0.4 is 5.32 Å². The van der Waals surface area contributed by atoms with Crippen molar-refractivity contribution in [2.45, 2.75) is 19.9 Å². The van der Waals surface area contributed by atoms with E-state index in [1.54, 1.807) is 6.20 Å². The Bertz CT molecular complexity index is 598. The number of aromatic carboxylic acids is 1. The first-order valence-corrected chi connectivity index (χ1v) is 6.45. The first-order valence-electron chi connectivity index (χ1n) is 5.66.